The number of nitrogens with zero attached hydrogens (tertiary/aromatic N) is 1. The van der Waals surface area contributed by atoms with E-state index in [1.54, 1.807) is 49.6 Å². The monoisotopic (exact) mass is 380 g/mol. The van der Waals surface area contributed by atoms with Crippen molar-refractivity contribution in [1.82, 2.24) is 0 Å². The molecule has 0 aliphatic heterocycles. The Morgan fingerprint density at radius 2 is 1.86 bits per heavy atom. The number of rotatable bonds is 8. The lowest BCUT2D eigenvalue weighted by atomic mass is 10.1. The van der Waals surface area contributed by atoms with Crippen molar-refractivity contribution in [3.8, 4) is 23.3 Å². The molecule has 1 amide bonds. The van der Waals surface area contributed by atoms with Crippen LogP contribution in [-0.2, 0) is 4.79 Å². The molecule has 6 nitrogen and oxygen atoms in total. The molecule has 0 radical (unpaired) electrons. The summed E-state index contributed by atoms with van der Waals surface area (Å²) < 4.78 is 16.4. The Balaban J connectivity index is 2.25. The summed E-state index contributed by atoms with van der Waals surface area (Å²) in [7, 11) is 1.56. The summed E-state index contributed by atoms with van der Waals surface area (Å²) in [5.41, 5.74) is 1.16. The third-order valence-corrected chi connectivity index (χ3v) is 3.67. The number of anilines is 1. The van der Waals surface area contributed by atoms with E-state index in [2.05, 4.69) is 5.32 Å². The molecule has 0 atom stereocenters. The van der Waals surface area contributed by atoms with Gasteiger partial charge in [-0.1, -0.05) is 0 Å². The van der Waals surface area contributed by atoms with Crippen LogP contribution in [0.1, 0.15) is 26.3 Å². The predicted molar refractivity (Wildman–Crippen MR) is 109 cm³/mol. The molecular weight excluding hydrogens is 356 g/mol. The molecule has 2 aromatic carbocycles. The lowest BCUT2D eigenvalue weighted by Gasteiger charge is -2.14. The van der Waals surface area contributed by atoms with Crippen LogP contribution in [0.15, 0.2) is 48.0 Å². The van der Waals surface area contributed by atoms with Crippen LogP contribution in [0.25, 0.3) is 6.08 Å². The van der Waals surface area contributed by atoms with Gasteiger partial charge in [0.05, 0.1) is 19.8 Å². The molecule has 0 unspecified atom stereocenters. The van der Waals surface area contributed by atoms with E-state index < -0.39 is 5.91 Å². The van der Waals surface area contributed by atoms with E-state index in [9.17, 15) is 10.1 Å². The molecule has 0 aromatic heterocycles. The van der Waals surface area contributed by atoms with Gasteiger partial charge in [0.1, 0.15) is 28.9 Å². The smallest absolute Gasteiger partial charge is 0.266 e. The zero-order chi connectivity index (χ0) is 20.5. The molecule has 0 bridgehead atoms. The number of carbonyl (C=O) groups excluding carboxylic acids is 1. The van der Waals surface area contributed by atoms with Gasteiger partial charge in [-0.05, 0) is 63.2 Å². The van der Waals surface area contributed by atoms with Gasteiger partial charge < -0.3 is 19.5 Å². The van der Waals surface area contributed by atoms with E-state index in [4.69, 9.17) is 14.2 Å². The van der Waals surface area contributed by atoms with Gasteiger partial charge in [-0.25, -0.2) is 0 Å². The third-order valence-electron chi connectivity index (χ3n) is 3.67. The predicted octanol–water partition coefficient (Wildman–Crippen LogP) is 4.43. The Morgan fingerprint density at radius 3 is 2.43 bits per heavy atom. The second-order valence-corrected chi connectivity index (χ2v) is 6.15. The summed E-state index contributed by atoms with van der Waals surface area (Å²) in [5.74, 6) is 1.38. The van der Waals surface area contributed by atoms with Crippen molar-refractivity contribution in [2.24, 2.45) is 0 Å². The Labute approximate surface area is 165 Å². The molecule has 0 saturated carbocycles. The first-order valence-electron chi connectivity index (χ1n) is 8.97. The van der Waals surface area contributed by atoms with E-state index in [0.29, 0.717) is 35.1 Å². The number of nitrogens with one attached hydrogen (secondary N) is 1. The van der Waals surface area contributed by atoms with Crippen LogP contribution in [0, 0.1) is 11.3 Å². The summed E-state index contributed by atoms with van der Waals surface area (Å²) in [4.78, 5) is 12.5. The van der Waals surface area contributed by atoms with Gasteiger partial charge in [-0.3, -0.25) is 4.79 Å². The van der Waals surface area contributed by atoms with Crippen LogP contribution >= 0.6 is 0 Å². The average Bonchev–Trinajstić information content (AvgIpc) is 2.68. The SMILES string of the molecule is CCOc1ccc(NC(=O)/C(C#N)=C/c2ccc(OC)cc2OC(C)C)cc1. The number of amides is 1. The molecular formula is C22H24N2O4. The highest BCUT2D eigenvalue weighted by Crippen LogP contribution is 2.28. The van der Waals surface area contributed by atoms with E-state index in [1.807, 2.05) is 26.8 Å². The van der Waals surface area contributed by atoms with Crippen LogP contribution in [0.2, 0.25) is 0 Å². The van der Waals surface area contributed by atoms with Crippen molar-refractivity contribution in [2.45, 2.75) is 26.9 Å². The van der Waals surface area contributed by atoms with Crippen LogP contribution in [-0.4, -0.2) is 25.7 Å². The zero-order valence-electron chi connectivity index (χ0n) is 16.5. The van der Waals surface area contributed by atoms with Crippen molar-refractivity contribution >= 4 is 17.7 Å². The molecule has 28 heavy (non-hydrogen) atoms. The highest BCUT2D eigenvalue weighted by atomic mass is 16.5. The Hall–Kier alpha value is -3.46. The van der Waals surface area contributed by atoms with Crippen LogP contribution < -0.4 is 19.5 Å². The fourth-order valence-electron chi connectivity index (χ4n) is 2.42. The number of hydrogen-bond acceptors (Lipinski definition) is 5. The molecule has 0 aliphatic rings. The number of ether oxygens (including phenoxy) is 3. The van der Waals surface area contributed by atoms with E-state index in [1.165, 1.54) is 6.08 Å². The van der Waals surface area contributed by atoms with Crippen LogP contribution in [0.5, 0.6) is 17.2 Å². The average molecular weight is 380 g/mol. The maximum absolute atomic E-state index is 12.5. The van der Waals surface area contributed by atoms with E-state index >= 15 is 0 Å². The maximum Gasteiger partial charge on any atom is 0.266 e. The molecule has 0 spiro atoms. The first kappa shape index (κ1) is 20.8. The normalized spacial score (nSPS) is 10.9. The second kappa shape index (κ2) is 10.0. The van der Waals surface area contributed by atoms with Crippen molar-refractivity contribution < 1.29 is 19.0 Å². The standard InChI is InChI=1S/C22H24N2O4/c1-5-27-19-10-7-18(8-11-19)24-22(25)17(14-23)12-16-6-9-20(26-4)13-21(16)28-15(2)3/h6-13,15H,5H2,1-4H3,(H,24,25)/b17-12+. The fraction of sp³-hybridized carbons (Fsp3) is 0.273. The molecule has 0 fully saturated rings. The highest BCUT2D eigenvalue weighted by Gasteiger charge is 2.13. The fourth-order valence-corrected chi connectivity index (χ4v) is 2.42. The molecule has 0 aliphatic carbocycles. The number of hydrogen-bond donors (Lipinski definition) is 1. The van der Waals surface area contributed by atoms with Crippen molar-refractivity contribution in [3.05, 3.63) is 53.6 Å². The van der Waals surface area contributed by atoms with Gasteiger partial charge in [0.2, 0.25) is 0 Å². The van der Waals surface area contributed by atoms with Crippen molar-refractivity contribution in [3.63, 3.8) is 0 Å². The summed E-state index contributed by atoms with van der Waals surface area (Å²) >= 11 is 0. The third kappa shape index (κ3) is 5.78. The van der Waals surface area contributed by atoms with E-state index in [0.717, 1.165) is 0 Å². The van der Waals surface area contributed by atoms with Gasteiger partial charge in [-0.2, -0.15) is 5.26 Å². The Kier molecular flexibility index (Phi) is 7.46. The van der Waals surface area contributed by atoms with Gasteiger partial charge in [0.25, 0.3) is 5.91 Å². The van der Waals surface area contributed by atoms with Gasteiger partial charge in [0, 0.05) is 17.3 Å². The Bertz CT molecular complexity index is 880. The van der Waals surface area contributed by atoms with Gasteiger partial charge in [-0.15, -0.1) is 0 Å². The number of benzene rings is 2. The topological polar surface area (TPSA) is 80.6 Å². The van der Waals surface area contributed by atoms with Crippen LogP contribution in [0.4, 0.5) is 5.69 Å². The number of methoxy groups -OCH3 is 1. The molecule has 0 heterocycles. The second-order valence-electron chi connectivity index (χ2n) is 6.15. The molecule has 2 rings (SSSR count). The first-order chi connectivity index (χ1) is 13.5. The summed E-state index contributed by atoms with van der Waals surface area (Å²) in [5, 5.41) is 12.2. The zero-order valence-corrected chi connectivity index (χ0v) is 16.5. The summed E-state index contributed by atoms with van der Waals surface area (Å²) in [6, 6.07) is 14.1. The van der Waals surface area contributed by atoms with Crippen molar-refractivity contribution in [1.29, 1.82) is 5.26 Å². The minimum absolute atomic E-state index is 0.0346. The first-order valence-corrected chi connectivity index (χ1v) is 8.97. The van der Waals surface area contributed by atoms with E-state index in [-0.39, 0.29) is 11.7 Å². The molecule has 2 aromatic rings. The van der Waals surface area contributed by atoms with Crippen LogP contribution in [0.3, 0.4) is 0 Å². The molecule has 1 N–H and O–H groups in total. The maximum atomic E-state index is 12.5. The molecule has 0 saturated heterocycles. The number of nitriles is 1. The number of carbonyl (C=O) groups is 1. The van der Waals surface area contributed by atoms with Crippen molar-refractivity contribution in [2.75, 3.05) is 19.0 Å². The van der Waals surface area contributed by atoms with Gasteiger partial charge in [0.15, 0.2) is 0 Å². The minimum Gasteiger partial charge on any atom is -0.497 e. The van der Waals surface area contributed by atoms with Gasteiger partial charge >= 0.3 is 0 Å². The largest absolute Gasteiger partial charge is 0.497 e. The molecule has 6 heteroatoms. The Morgan fingerprint density at radius 1 is 1.18 bits per heavy atom. The summed E-state index contributed by atoms with van der Waals surface area (Å²) in [6.07, 6.45) is 1.43. The lowest BCUT2D eigenvalue weighted by Crippen LogP contribution is -2.13. The lowest BCUT2D eigenvalue weighted by molar-refractivity contribution is -0.112. The molecule has 146 valence electrons. The highest BCUT2D eigenvalue weighted by molar-refractivity contribution is 6.09. The summed E-state index contributed by atoms with van der Waals surface area (Å²) in [6.45, 7) is 6.26. The quantitative estimate of drug-likeness (QED) is 0.541. The minimum atomic E-state index is -0.502.